The molecule has 0 aliphatic carbocycles. The Bertz CT molecular complexity index is 1610. The summed E-state index contributed by atoms with van der Waals surface area (Å²) in [5, 5.41) is 5.35. The van der Waals surface area contributed by atoms with Crippen LogP contribution in [0.15, 0.2) is 65.8 Å². The summed E-state index contributed by atoms with van der Waals surface area (Å²) < 4.78 is 49.8. The number of fused-ring (bicyclic) bond motifs is 1. The number of aromatic nitrogens is 3. The third-order valence-corrected chi connectivity index (χ3v) is 8.67. The minimum absolute atomic E-state index is 0.128. The number of aryl methyl sites for hydroxylation is 1. The smallest absolute Gasteiger partial charge is 0.410 e. The fourth-order valence-electron chi connectivity index (χ4n) is 5.06. The molecule has 206 valence electrons. The quantitative estimate of drug-likeness (QED) is 0.311. The molecule has 1 saturated heterocycles. The van der Waals surface area contributed by atoms with Crippen molar-refractivity contribution in [2.45, 2.75) is 57.6 Å². The fourth-order valence-corrected chi connectivity index (χ4v) is 6.44. The largest absolute Gasteiger partial charge is 0.444 e. The summed E-state index contributed by atoms with van der Waals surface area (Å²) >= 11 is 0. The van der Waals surface area contributed by atoms with Gasteiger partial charge in [-0.15, -0.1) is 0 Å². The van der Waals surface area contributed by atoms with Crippen LogP contribution in [-0.2, 0) is 21.3 Å². The van der Waals surface area contributed by atoms with Crippen molar-refractivity contribution >= 4 is 27.0 Å². The molecule has 0 atom stereocenters. The summed E-state index contributed by atoms with van der Waals surface area (Å²) in [7, 11) is -3.94. The van der Waals surface area contributed by atoms with Crippen LogP contribution in [0.3, 0.4) is 0 Å². The minimum Gasteiger partial charge on any atom is -0.444 e. The van der Waals surface area contributed by atoms with Crippen molar-refractivity contribution < 1.29 is 22.3 Å². The maximum atomic E-state index is 14.3. The lowest BCUT2D eigenvalue weighted by Crippen LogP contribution is -2.42. The van der Waals surface area contributed by atoms with Gasteiger partial charge in [-0.05, 0) is 76.8 Å². The molecule has 1 aliphatic rings. The van der Waals surface area contributed by atoms with Crippen molar-refractivity contribution in [3.63, 3.8) is 0 Å². The molecule has 8 nitrogen and oxygen atoms in total. The second-order valence-corrected chi connectivity index (χ2v) is 12.9. The van der Waals surface area contributed by atoms with Gasteiger partial charge in [0.25, 0.3) is 10.0 Å². The number of carbonyl (C=O) groups is 1. The van der Waals surface area contributed by atoms with Gasteiger partial charge in [-0.3, -0.25) is 4.68 Å². The molecule has 0 N–H and O–H groups in total. The van der Waals surface area contributed by atoms with Crippen molar-refractivity contribution in [1.82, 2.24) is 18.7 Å². The maximum Gasteiger partial charge on any atom is 0.410 e. The summed E-state index contributed by atoms with van der Waals surface area (Å²) in [6, 6.07) is 12.3. The van der Waals surface area contributed by atoms with E-state index in [9.17, 15) is 17.6 Å². The van der Waals surface area contributed by atoms with E-state index in [1.807, 2.05) is 38.6 Å². The molecule has 0 spiro atoms. The van der Waals surface area contributed by atoms with E-state index in [4.69, 9.17) is 9.84 Å². The summed E-state index contributed by atoms with van der Waals surface area (Å²) in [6.07, 6.45) is 4.87. The van der Waals surface area contributed by atoms with Gasteiger partial charge in [-0.2, -0.15) is 5.10 Å². The molecule has 0 unspecified atom stereocenters. The molecule has 1 aliphatic heterocycles. The second kappa shape index (κ2) is 10.1. The van der Waals surface area contributed by atoms with E-state index >= 15 is 0 Å². The Hall–Kier alpha value is -3.66. The van der Waals surface area contributed by atoms with E-state index in [1.54, 1.807) is 35.4 Å². The van der Waals surface area contributed by atoms with Crippen molar-refractivity contribution in [3.8, 4) is 11.1 Å². The molecule has 0 bridgehead atoms. The lowest BCUT2D eigenvalue weighted by atomic mass is 9.97. The molecule has 39 heavy (non-hydrogen) atoms. The summed E-state index contributed by atoms with van der Waals surface area (Å²) in [4.78, 5) is 14.3. The Morgan fingerprint density at radius 1 is 1.05 bits per heavy atom. The number of hydrogen-bond acceptors (Lipinski definition) is 5. The maximum absolute atomic E-state index is 14.3. The Kier molecular flexibility index (Phi) is 7.00. The van der Waals surface area contributed by atoms with Crippen LogP contribution in [0, 0.1) is 18.7 Å². The zero-order valence-electron chi connectivity index (χ0n) is 22.6. The van der Waals surface area contributed by atoms with E-state index in [1.165, 1.54) is 24.3 Å². The standard InChI is InChI=1S/C29H33FN4O4S/c1-20-25(18-33(31-20)17-21-12-14-32(15-13-21)28(35)38-29(2,3)4)26-19-34(27-16-22(30)10-11-24(26)27)39(36,37)23-8-6-5-7-9-23/h5-11,16,18-19,21H,12-15,17H2,1-4H3. The predicted molar refractivity (Wildman–Crippen MR) is 147 cm³/mol. The van der Waals surface area contributed by atoms with E-state index < -0.39 is 21.4 Å². The molecule has 0 radical (unpaired) electrons. The number of hydrogen-bond donors (Lipinski definition) is 0. The van der Waals surface area contributed by atoms with Crippen LogP contribution >= 0.6 is 0 Å². The monoisotopic (exact) mass is 552 g/mol. The lowest BCUT2D eigenvalue weighted by Gasteiger charge is -2.33. The van der Waals surface area contributed by atoms with Gasteiger partial charge in [0.1, 0.15) is 11.4 Å². The number of benzene rings is 2. The Labute approximate surface area is 228 Å². The lowest BCUT2D eigenvalue weighted by molar-refractivity contribution is 0.0177. The van der Waals surface area contributed by atoms with Gasteiger partial charge in [0.15, 0.2) is 0 Å². The first-order chi connectivity index (χ1) is 18.4. The van der Waals surface area contributed by atoms with Gasteiger partial charge in [-0.25, -0.2) is 21.6 Å². The zero-order valence-corrected chi connectivity index (χ0v) is 23.4. The number of rotatable bonds is 5. The molecule has 2 aromatic heterocycles. The Morgan fingerprint density at radius 2 is 1.74 bits per heavy atom. The zero-order chi connectivity index (χ0) is 27.9. The van der Waals surface area contributed by atoms with Crippen LogP contribution in [0.5, 0.6) is 0 Å². The predicted octanol–water partition coefficient (Wildman–Crippen LogP) is 5.84. The van der Waals surface area contributed by atoms with Crippen LogP contribution in [0.2, 0.25) is 0 Å². The first-order valence-corrected chi connectivity index (χ1v) is 14.5. The topological polar surface area (TPSA) is 86.4 Å². The van der Waals surface area contributed by atoms with E-state index in [0.29, 0.717) is 36.5 Å². The van der Waals surface area contributed by atoms with Crippen molar-refractivity contribution in [2.24, 2.45) is 5.92 Å². The van der Waals surface area contributed by atoms with Crippen LogP contribution in [0.25, 0.3) is 22.0 Å². The molecule has 1 amide bonds. The normalized spacial score (nSPS) is 15.2. The fraction of sp³-hybridized carbons (Fsp3) is 0.379. The number of nitrogens with zero attached hydrogens (tertiary/aromatic N) is 4. The average Bonchev–Trinajstić information content (AvgIpc) is 3.43. The van der Waals surface area contributed by atoms with Crippen molar-refractivity contribution in [1.29, 1.82) is 0 Å². The Balaban J connectivity index is 1.40. The molecule has 10 heteroatoms. The first-order valence-electron chi connectivity index (χ1n) is 13.1. The summed E-state index contributed by atoms with van der Waals surface area (Å²) in [5.74, 6) is -0.175. The third kappa shape index (κ3) is 5.56. The number of piperidine rings is 1. The number of carbonyl (C=O) groups excluding carboxylic acids is 1. The molecule has 2 aromatic carbocycles. The molecule has 4 aromatic rings. The van der Waals surface area contributed by atoms with E-state index in [2.05, 4.69) is 0 Å². The number of amides is 1. The van der Waals surface area contributed by atoms with Crippen LogP contribution in [0.4, 0.5) is 9.18 Å². The Morgan fingerprint density at radius 3 is 2.41 bits per heavy atom. The van der Waals surface area contributed by atoms with Gasteiger partial charge in [0.2, 0.25) is 0 Å². The van der Waals surface area contributed by atoms with Crippen LogP contribution in [0.1, 0.15) is 39.3 Å². The highest BCUT2D eigenvalue weighted by molar-refractivity contribution is 7.90. The summed E-state index contributed by atoms with van der Waals surface area (Å²) in [5.41, 5.74) is 1.97. The van der Waals surface area contributed by atoms with E-state index in [-0.39, 0.29) is 16.5 Å². The van der Waals surface area contributed by atoms with Gasteiger partial charge >= 0.3 is 6.09 Å². The first kappa shape index (κ1) is 26.9. The van der Waals surface area contributed by atoms with Gasteiger partial charge in [0.05, 0.1) is 16.1 Å². The van der Waals surface area contributed by atoms with E-state index in [0.717, 1.165) is 28.1 Å². The second-order valence-electron chi connectivity index (χ2n) is 11.1. The molecule has 5 rings (SSSR count). The number of halogens is 1. The average molecular weight is 553 g/mol. The molecule has 3 heterocycles. The third-order valence-electron chi connectivity index (χ3n) is 6.98. The molecular formula is C29H33FN4O4S. The summed E-state index contributed by atoms with van der Waals surface area (Å²) in [6.45, 7) is 9.40. The number of ether oxygens (including phenoxy) is 1. The van der Waals surface area contributed by atoms with Gasteiger partial charge in [0, 0.05) is 48.5 Å². The highest BCUT2D eigenvalue weighted by atomic mass is 32.2. The van der Waals surface area contributed by atoms with Crippen LogP contribution < -0.4 is 0 Å². The van der Waals surface area contributed by atoms with Crippen molar-refractivity contribution in [2.75, 3.05) is 13.1 Å². The SMILES string of the molecule is Cc1nn(CC2CCN(C(=O)OC(C)(C)C)CC2)cc1-c1cn(S(=O)(=O)c2ccccc2)c2cc(F)ccc12. The highest BCUT2D eigenvalue weighted by Crippen LogP contribution is 2.35. The molecular weight excluding hydrogens is 519 g/mol. The molecule has 1 fully saturated rings. The highest BCUT2D eigenvalue weighted by Gasteiger charge is 2.28. The number of likely N-dealkylation sites (tertiary alicyclic amines) is 1. The van der Waals surface area contributed by atoms with Crippen molar-refractivity contribution in [3.05, 3.63) is 72.4 Å². The minimum atomic E-state index is -3.94. The van der Waals surface area contributed by atoms with Gasteiger partial charge in [-0.1, -0.05) is 18.2 Å². The van der Waals surface area contributed by atoms with Crippen LogP contribution in [-0.4, -0.2) is 51.9 Å². The molecule has 0 saturated carbocycles. The van der Waals surface area contributed by atoms with Gasteiger partial charge < -0.3 is 9.64 Å².